The standard InChI is InChI=1S/C17H16N2O7S/c1-10(15-3-2-6-27-15)18-16(20)9-26-17(21)11-7-13-14(25-5-4-24-13)8-12(11)19(22)23/h2-3,6-8,10H,4-5,9H2,1H3,(H,18,20)/t10-/m1/s1. The van der Waals surface area contributed by atoms with Crippen LogP contribution in [-0.2, 0) is 9.53 Å². The van der Waals surface area contributed by atoms with Gasteiger partial charge in [-0.1, -0.05) is 6.07 Å². The average Bonchev–Trinajstić information content (AvgIpc) is 3.20. The van der Waals surface area contributed by atoms with Crippen LogP contribution in [0.5, 0.6) is 11.5 Å². The van der Waals surface area contributed by atoms with Crippen molar-refractivity contribution >= 4 is 28.9 Å². The SMILES string of the molecule is C[C@@H](NC(=O)COC(=O)c1cc2c(cc1[N+](=O)[O-])OCCO2)c1cccs1. The maximum absolute atomic E-state index is 12.3. The first kappa shape index (κ1) is 18.6. The number of thiophene rings is 1. The first-order valence-corrected chi connectivity index (χ1v) is 8.91. The van der Waals surface area contributed by atoms with E-state index in [2.05, 4.69) is 5.32 Å². The Morgan fingerprint density at radius 1 is 1.33 bits per heavy atom. The van der Waals surface area contributed by atoms with Gasteiger partial charge in [0.1, 0.15) is 18.8 Å². The van der Waals surface area contributed by atoms with E-state index in [1.54, 1.807) is 6.92 Å². The highest BCUT2D eigenvalue weighted by Gasteiger charge is 2.27. The van der Waals surface area contributed by atoms with Gasteiger partial charge in [0, 0.05) is 10.9 Å². The fraction of sp³-hybridized carbons (Fsp3) is 0.294. The predicted octanol–water partition coefficient (Wildman–Crippen LogP) is 2.46. The highest BCUT2D eigenvalue weighted by atomic mass is 32.1. The zero-order valence-corrected chi connectivity index (χ0v) is 15.1. The average molecular weight is 392 g/mol. The van der Waals surface area contributed by atoms with Crippen LogP contribution in [-0.4, -0.2) is 36.6 Å². The molecule has 0 aliphatic carbocycles. The van der Waals surface area contributed by atoms with Gasteiger partial charge in [0.2, 0.25) is 0 Å². The minimum Gasteiger partial charge on any atom is -0.486 e. The number of nitro benzene ring substituents is 1. The third-order valence-electron chi connectivity index (χ3n) is 3.76. The number of nitro groups is 1. The lowest BCUT2D eigenvalue weighted by atomic mass is 10.1. The molecule has 2 aromatic rings. The Labute approximate surface area is 158 Å². The number of ether oxygens (including phenoxy) is 3. The van der Waals surface area contributed by atoms with Crippen LogP contribution in [0.2, 0.25) is 0 Å². The van der Waals surface area contributed by atoms with Crippen LogP contribution in [0.15, 0.2) is 29.6 Å². The van der Waals surface area contributed by atoms with E-state index in [1.165, 1.54) is 17.4 Å². The summed E-state index contributed by atoms with van der Waals surface area (Å²) in [5.41, 5.74) is -0.778. The van der Waals surface area contributed by atoms with E-state index in [1.807, 2.05) is 17.5 Å². The number of amides is 1. The molecule has 142 valence electrons. The minimum atomic E-state index is -0.988. The molecular weight excluding hydrogens is 376 g/mol. The molecule has 9 nitrogen and oxygen atoms in total. The molecule has 3 rings (SSSR count). The molecule has 2 heterocycles. The molecule has 1 aliphatic rings. The molecule has 0 saturated carbocycles. The fourth-order valence-corrected chi connectivity index (χ4v) is 3.23. The van der Waals surface area contributed by atoms with E-state index in [-0.39, 0.29) is 36.3 Å². The van der Waals surface area contributed by atoms with E-state index < -0.39 is 29.1 Å². The van der Waals surface area contributed by atoms with Crippen LogP contribution in [0, 0.1) is 10.1 Å². The van der Waals surface area contributed by atoms with Crippen molar-refractivity contribution in [1.29, 1.82) is 0 Å². The van der Waals surface area contributed by atoms with Crippen LogP contribution >= 0.6 is 11.3 Å². The van der Waals surface area contributed by atoms with Crippen LogP contribution < -0.4 is 14.8 Å². The molecule has 0 fully saturated rings. The summed E-state index contributed by atoms with van der Waals surface area (Å²) in [7, 11) is 0. The van der Waals surface area contributed by atoms with Gasteiger partial charge in [-0.2, -0.15) is 0 Å². The number of hydrogen-bond donors (Lipinski definition) is 1. The number of rotatable bonds is 6. The molecule has 0 bridgehead atoms. The first-order valence-electron chi connectivity index (χ1n) is 8.03. The number of nitrogens with zero attached hydrogens (tertiary/aromatic N) is 1. The Morgan fingerprint density at radius 2 is 2.04 bits per heavy atom. The van der Waals surface area contributed by atoms with Gasteiger partial charge < -0.3 is 19.5 Å². The number of nitrogens with one attached hydrogen (secondary N) is 1. The smallest absolute Gasteiger partial charge is 0.345 e. The summed E-state index contributed by atoms with van der Waals surface area (Å²) < 4.78 is 15.6. The minimum absolute atomic E-state index is 0.187. The lowest BCUT2D eigenvalue weighted by Gasteiger charge is -2.18. The van der Waals surface area contributed by atoms with Gasteiger partial charge >= 0.3 is 5.97 Å². The second-order valence-electron chi connectivity index (χ2n) is 5.65. The highest BCUT2D eigenvalue weighted by Crippen LogP contribution is 2.36. The van der Waals surface area contributed by atoms with E-state index in [4.69, 9.17) is 14.2 Å². The topological polar surface area (TPSA) is 117 Å². The van der Waals surface area contributed by atoms with Crippen molar-refractivity contribution < 1.29 is 28.7 Å². The number of carbonyl (C=O) groups is 2. The Balaban J connectivity index is 1.66. The molecule has 1 aromatic carbocycles. The number of esters is 1. The van der Waals surface area contributed by atoms with Crippen molar-refractivity contribution in [1.82, 2.24) is 5.32 Å². The van der Waals surface area contributed by atoms with Gasteiger partial charge in [-0.05, 0) is 18.4 Å². The molecule has 1 aromatic heterocycles. The maximum Gasteiger partial charge on any atom is 0.345 e. The van der Waals surface area contributed by atoms with Crippen LogP contribution in [0.4, 0.5) is 5.69 Å². The molecule has 0 radical (unpaired) electrons. The monoisotopic (exact) mass is 392 g/mol. The van der Waals surface area contributed by atoms with Gasteiger partial charge in [-0.15, -0.1) is 11.3 Å². The summed E-state index contributed by atoms with van der Waals surface area (Å²) in [4.78, 5) is 35.7. The zero-order chi connectivity index (χ0) is 19.4. The van der Waals surface area contributed by atoms with Crippen molar-refractivity contribution in [2.45, 2.75) is 13.0 Å². The number of carbonyl (C=O) groups excluding carboxylic acids is 2. The summed E-state index contributed by atoms with van der Waals surface area (Å²) in [5, 5.41) is 15.8. The van der Waals surface area contributed by atoms with Crippen LogP contribution in [0.25, 0.3) is 0 Å². The summed E-state index contributed by atoms with van der Waals surface area (Å²) in [6.07, 6.45) is 0. The fourth-order valence-electron chi connectivity index (χ4n) is 2.49. The molecule has 10 heteroatoms. The number of benzene rings is 1. The Bertz CT molecular complexity index is 866. The normalized spacial score (nSPS) is 13.5. The number of hydrogen-bond acceptors (Lipinski definition) is 8. The summed E-state index contributed by atoms with van der Waals surface area (Å²) in [6, 6.07) is 5.81. The maximum atomic E-state index is 12.3. The van der Waals surface area contributed by atoms with Crippen molar-refractivity contribution in [2.24, 2.45) is 0 Å². The lowest BCUT2D eigenvalue weighted by Crippen LogP contribution is -2.30. The second kappa shape index (κ2) is 8.04. The van der Waals surface area contributed by atoms with Crippen molar-refractivity contribution in [3.05, 3.63) is 50.2 Å². The molecule has 1 aliphatic heterocycles. The molecule has 1 N–H and O–H groups in total. The highest BCUT2D eigenvalue weighted by molar-refractivity contribution is 7.10. The van der Waals surface area contributed by atoms with Gasteiger partial charge in [0.25, 0.3) is 11.6 Å². The van der Waals surface area contributed by atoms with Crippen LogP contribution in [0.1, 0.15) is 28.2 Å². The Kier molecular flexibility index (Phi) is 5.55. The molecular formula is C17H16N2O7S. The zero-order valence-electron chi connectivity index (χ0n) is 14.3. The molecule has 0 saturated heterocycles. The van der Waals surface area contributed by atoms with E-state index in [0.717, 1.165) is 10.9 Å². The van der Waals surface area contributed by atoms with E-state index in [0.29, 0.717) is 0 Å². The third kappa shape index (κ3) is 4.34. The third-order valence-corrected chi connectivity index (χ3v) is 4.81. The second-order valence-corrected chi connectivity index (χ2v) is 6.63. The Morgan fingerprint density at radius 3 is 2.67 bits per heavy atom. The van der Waals surface area contributed by atoms with E-state index >= 15 is 0 Å². The van der Waals surface area contributed by atoms with E-state index in [9.17, 15) is 19.7 Å². The Hall–Kier alpha value is -3.14. The largest absolute Gasteiger partial charge is 0.486 e. The predicted molar refractivity (Wildman–Crippen MR) is 95.2 cm³/mol. The number of fused-ring (bicyclic) bond motifs is 1. The lowest BCUT2D eigenvalue weighted by molar-refractivity contribution is -0.385. The van der Waals surface area contributed by atoms with Crippen LogP contribution in [0.3, 0.4) is 0 Å². The van der Waals surface area contributed by atoms with Gasteiger partial charge in [0.15, 0.2) is 18.1 Å². The van der Waals surface area contributed by atoms with Gasteiger partial charge in [-0.25, -0.2) is 4.79 Å². The molecule has 1 amide bonds. The first-order chi connectivity index (χ1) is 13.0. The molecule has 1 atom stereocenters. The molecule has 27 heavy (non-hydrogen) atoms. The van der Waals surface area contributed by atoms with Gasteiger partial charge in [0.05, 0.1) is 17.0 Å². The quantitative estimate of drug-likeness (QED) is 0.456. The molecule has 0 spiro atoms. The molecule has 0 unspecified atom stereocenters. The van der Waals surface area contributed by atoms with Crippen molar-refractivity contribution in [3.63, 3.8) is 0 Å². The van der Waals surface area contributed by atoms with Crippen molar-refractivity contribution in [3.8, 4) is 11.5 Å². The summed E-state index contributed by atoms with van der Waals surface area (Å²) in [5.74, 6) is -1.09. The van der Waals surface area contributed by atoms with Crippen molar-refractivity contribution in [2.75, 3.05) is 19.8 Å². The summed E-state index contributed by atoms with van der Waals surface area (Å²) >= 11 is 1.49. The summed E-state index contributed by atoms with van der Waals surface area (Å²) in [6.45, 7) is 1.77. The van der Waals surface area contributed by atoms with Gasteiger partial charge in [-0.3, -0.25) is 14.9 Å².